The number of nitrogens with zero attached hydrogens (tertiary/aromatic N) is 2. The van der Waals surface area contributed by atoms with E-state index in [9.17, 15) is 18.0 Å². The normalized spacial score (nSPS) is 14.9. The van der Waals surface area contributed by atoms with Gasteiger partial charge in [-0.15, -0.1) is 0 Å². The quantitative estimate of drug-likeness (QED) is 0.259. The fourth-order valence-electron chi connectivity index (χ4n) is 5.16. The fraction of sp³-hybridized carbons (Fsp3) is 0.621. The van der Waals surface area contributed by atoms with E-state index in [1.54, 1.807) is 6.07 Å². The number of benzene rings is 1. The molecule has 0 N–H and O–H groups in total. The van der Waals surface area contributed by atoms with Crippen molar-refractivity contribution in [1.82, 2.24) is 9.47 Å². The maximum absolute atomic E-state index is 13.3. The predicted molar refractivity (Wildman–Crippen MR) is 135 cm³/mol. The molecule has 1 aromatic carbocycles. The zero-order valence-electron chi connectivity index (χ0n) is 21.2. The van der Waals surface area contributed by atoms with Crippen LogP contribution in [0.2, 0.25) is 0 Å². The van der Waals surface area contributed by atoms with E-state index in [-0.39, 0.29) is 11.9 Å². The Morgan fingerprint density at radius 3 is 2.40 bits per heavy atom. The number of aromatic nitrogens is 1. The summed E-state index contributed by atoms with van der Waals surface area (Å²) >= 11 is 0. The van der Waals surface area contributed by atoms with Crippen LogP contribution in [0.3, 0.4) is 0 Å². The van der Waals surface area contributed by atoms with Gasteiger partial charge < -0.3 is 9.47 Å². The van der Waals surface area contributed by atoms with Gasteiger partial charge in [0.15, 0.2) is 0 Å². The highest BCUT2D eigenvalue weighted by Crippen LogP contribution is 2.30. The van der Waals surface area contributed by atoms with E-state index >= 15 is 0 Å². The van der Waals surface area contributed by atoms with Crippen LogP contribution >= 0.6 is 0 Å². The van der Waals surface area contributed by atoms with Crippen LogP contribution in [0.25, 0.3) is 0 Å². The molecule has 0 aliphatic heterocycles. The predicted octanol–water partition coefficient (Wildman–Crippen LogP) is 8.36. The van der Waals surface area contributed by atoms with Crippen LogP contribution in [0, 0.1) is 0 Å². The second kappa shape index (κ2) is 13.7. The molecule has 0 unspecified atom stereocenters. The molecule has 1 aromatic heterocycles. The van der Waals surface area contributed by atoms with Crippen molar-refractivity contribution in [2.75, 3.05) is 0 Å². The molecule has 0 radical (unpaired) electrons. The van der Waals surface area contributed by atoms with Gasteiger partial charge in [-0.1, -0.05) is 76.8 Å². The Morgan fingerprint density at radius 2 is 1.69 bits per heavy atom. The number of carbonyl (C=O) groups is 1. The molecule has 0 bridgehead atoms. The molecule has 1 fully saturated rings. The molecular weight excluding hydrogens is 449 g/mol. The molecule has 2 aromatic rings. The second-order valence-corrected chi connectivity index (χ2v) is 10.0. The van der Waals surface area contributed by atoms with Crippen molar-refractivity contribution in [3.05, 3.63) is 59.4 Å². The molecule has 3 rings (SSSR count). The highest BCUT2D eigenvalue weighted by molar-refractivity contribution is 5.76. The number of amides is 1. The smallest absolute Gasteiger partial charge is 0.345 e. The molecule has 0 atom stereocenters. The first-order valence-corrected chi connectivity index (χ1v) is 13.5. The maximum Gasteiger partial charge on any atom is 0.416 e. The molecule has 1 heterocycles. The van der Waals surface area contributed by atoms with Gasteiger partial charge in [0.2, 0.25) is 5.91 Å². The molecule has 194 valence electrons. The Balaban J connectivity index is 1.64. The van der Waals surface area contributed by atoms with E-state index in [2.05, 4.69) is 11.8 Å². The summed E-state index contributed by atoms with van der Waals surface area (Å²) in [6.45, 7) is 3.09. The number of alkyl halides is 3. The number of hydrogen-bond acceptors (Lipinski definition) is 1. The van der Waals surface area contributed by atoms with Crippen molar-refractivity contribution in [1.29, 1.82) is 0 Å². The van der Waals surface area contributed by atoms with E-state index in [0.717, 1.165) is 50.3 Å². The summed E-state index contributed by atoms with van der Waals surface area (Å²) in [5, 5.41) is 0. The highest BCUT2D eigenvalue weighted by Gasteiger charge is 2.30. The van der Waals surface area contributed by atoms with Gasteiger partial charge in [0.25, 0.3) is 0 Å². The third kappa shape index (κ3) is 8.73. The van der Waals surface area contributed by atoms with Crippen molar-refractivity contribution in [3.63, 3.8) is 0 Å². The molecule has 1 saturated carbocycles. The zero-order valence-corrected chi connectivity index (χ0v) is 21.2. The molecular formula is C29H41F3N2O. The first kappa shape index (κ1) is 27.3. The molecule has 1 amide bonds. The molecule has 6 heteroatoms. The van der Waals surface area contributed by atoms with Gasteiger partial charge >= 0.3 is 6.18 Å². The van der Waals surface area contributed by atoms with Crippen molar-refractivity contribution >= 4 is 5.91 Å². The summed E-state index contributed by atoms with van der Waals surface area (Å²) in [6.07, 6.45) is 12.0. The topological polar surface area (TPSA) is 25.2 Å². The summed E-state index contributed by atoms with van der Waals surface area (Å²) in [5.74, 6) is 0.220. The van der Waals surface area contributed by atoms with Gasteiger partial charge in [-0.3, -0.25) is 4.79 Å². The Morgan fingerprint density at radius 1 is 0.971 bits per heavy atom. The monoisotopic (exact) mass is 490 g/mol. The molecule has 0 saturated heterocycles. The minimum Gasteiger partial charge on any atom is -0.345 e. The summed E-state index contributed by atoms with van der Waals surface area (Å²) in [5.41, 5.74) is 0.953. The van der Waals surface area contributed by atoms with Crippen LogP contribution in [0.5, 0.6) is 0 Å². The van der Waals surface area contributed by atoms with Gasteiger partial charge in [-0.25, -0.2) is 0 Å². The van der Waals surface area contributed by atoms with Crippen LogP contribution in [0.15, 0.2) is 42.6 Å². The van der Waals surface area contributed by atoms with Gasteiger partial charge in [0, 0.05) is 30.9 Å². The van der Waals surface area contributed by atoms with Gasteiger partial charge in [0.1, 0.15) is 0 Å². The molecule has 0 spiro atoms. The first-order valence-electron chi connectivity index (χ1n) is 13.5. The number of halogens is 3. The van der Waals surface area contributed by atoms with E-state index < -0.39 is 11.7 Å². The van der Waals surface area contributed by atoms with Gasteiger partial charge in [-0.2, -0.15) is 13.2 Å². The standard InChI is InChI=1S/C29H41F3N2O/c1-2-3-4-5-6-7-11-19-28(35)34(26-16-9-8-10-17-26)23-27-18-13-20-33(27)22-24-14-12-15-25(21-24)29(30,31)32/h12-15,18,20-21,26H,2-11,16-17,19,22-23H2,1H3. The summed E-state index contributed by atoms with van der Waals surface area (Å²) in [7, 11) is 0. The Bertz CT molecular complexity index is 899. The number of rotatable bonds is 13. The molecule has 1 aliphatic rings. The minimum atomic E-state index is -4.35. The van der Waals surface area contributed by atoms with Crippen LogP contribution in [-0.2, 0) is 24.1 Å². The lowest BCUT2D eigenvalue weighted by Gasteiger charge is -2.35. The highest BCUT2D eigenvalue weighted by atomic mass is 19.4. The van der Waals surface area contributed by atoms with Crippen molar-refractivity contribution in [2.24, 2.45) is 0 Å². The van der Waals surface area contributed by atoms with Crippen LogP contribution in [0.4, 0.5) is 13.2 Å². The number of unbranched alkanes of at least 4 members (excludes halogenated alkanes) is 6. The van der Waals surface area contributed by atoms with E-state index in [0.29, 0.717) is 25.1 Å². The van der Waals surface area contributed by atoms with Crippen molar-refractivity contribution in [2.45, 2.75) is 116 Å². The van der Waals surface area contributed by atoms with E-state index in [1.807, 2.05) is 22.9 Å². The van der Waals surface area contributed by atoms with Crippen LogP contribution in [0.1, 0.15) is 107 Å². The number of hydrogen-bond donors (Lipinski definition) is 0. The lowest BCUT2D eigenvalue weighted by Crippen LogP contribution is -2.41. The Labute approximate surface area is 208 Å². The molecule has 1 aliphatic carbocycles. The van der Waals surface area contributed by atoms with Crippen LogP contribution in [-0.4, -0.2) is 21.4 Å². The van der Waals surface area contributed by atoms with Crippen molar-refractivity contribution < 1.29 is 18.0 Å². The van der Waals surface area contributed by atoms with Gasteiger partial charge in [0.05, 0.1) is 12.1 Å². The summed E-state index contributed by atoms with van der Waals surface area (Å²) in [4.78, 5) is 15.4. The van der Waals surface area contributed by atoms with E-state index in [4.69, 9.17) is 0 Å². The first-order chi connectivity index (χ1) is 16.9. The molecule has 3 nitrogen and oxygen atoms in total. The summed E-state index contributed by atoms with van der Waals surface area (Å²) in [6, 6.07) is 9.68. The third-order valence-corrected chi connectivity index (χ3v) is 7.19. The second-order valence-electron chi connectivity index (χ2n) is 10.0. The number of carbonyl (C=O) groups excluding carboxylic acids is 1. The lowest BCUT2D eigenvalue weighted by atomic mass is 9.93. The fourth-order valence-corrected chi connectivity index (χ4v) is 5.16. The maximum atomic E-state index is 13.3. The van der Waals surface area contributed by atoms with Crippen molar-refractivity contribution in [3.8, 4) is 0 Å². The summed E-state index contributed by atoms with van der Waals surface area (Å²) < 4.78 is 41.4. The van der Waals surface area contributed by atoms with E-state index in [1.165, 1.54) is 50.7 Å². The van der Waals surface area contributed by atoms with Crippen LogP contribution < -0.4 is 0 Å². The lowest BCUT2D eigenvalue weighted by molar-refractivity contribution is -0.137. The largest absolute Gasteiger partial charge is 0.416 e. The minimum absolute atomic E-state index is 0.220. The average Bonchev–Trinajstić information content (AvgIpc) is 3.28. The molecule has 35 heavy (non-hydrogen) atoms. The van der Waals surface area contributed by atoms with Gasteiger partial charge in [-0.05, 0) is 49.1 Å². The third-order valence-electron chi connectivity index (χ3n) is 7.19. The zero-order chi connectivity index (χ0) is 25.1. The Kier molecular flexibility index (Phi) is 10.7. The average molecular weight is 491 g/mol. The SMILES string of the molecule is CCCCCCCCCC(=O)N(Cc1cccn1Cc1cccc(C(F)(F)F)c1)C1CCCCC1. The Hall–Kier alpha value is -2.24.